The number of nitrogens with two attached hydrogens (primary N) is 2. The van der Waals surface area contributed by atoms with E-state index >= 15 is 0 Å². The number of nitrogens with one attached hydrogen (secondary N) is 2. The molecule has 2 aromatic carbocycles. The average Bonchev–Trinajstić information content (AvgIpc) is 2.87. The summed E-state index contributed by atoms with van der Waals surface area (Å²) in [6, 6.07) is 16.2. The average molecular weight is 655 g/mol. The van der Waals surface area contributed by atoms with Gasteiger partial charge in [-0.3, -0.25) is 10.2 Å². The van der Waals surface area contributed by atoms with Gasteiger partial charge < -0.3 is 26.4 Å². The summed E-state index contributed by atoms with van der Waals surface area (Å²) in [6.45, 7) is 2.53. The minimum absolute atomic E-state index is 0.229. The van der Waals surface area contributed by atoms with Gasteiger partial charge in [0.25, 0.3) is 0 Å². The van der Waals surface area contributed by atoms with Gasteiger partial charge in [0.2, 0.25) is 0 Å². The number of benzene rings is 2. The van der Waals surface area contributed by atoms with Crippen molar-refractivity contribution in [3.05, 3.63) is 48.5 Å². The maximum atomic E-state index is 11.2. The van der Waals surface area contributed by atoms with Crippen LogP contribution < -0.4 is 16.8 Å². The molecule has 8 nitrogen and oxygen atoms in total. The molecule has 33 heavy (non-hydrogen) atoms. The number of amidine groups is 1. The Bertz CT molecular complexity index is 965. The molecule has 0 amide bonds. The van der Waals surface area contributed by atoms with Crippen LogP contribution in [0.5, 0.6) is 0 Å². The number of pyridine rings is 1. The van der Waals surface area contributed by atoms with E-state index in [0.717, 1.165) is 27.5 Å². The number of carbonyl (C=O) groups is 1. The number of anilines is 1. The molecule has 3 aromatic rings. The molecule has 0 fully saturated rings. The van der Waals surface area contributed by atoms with Gasteiger partial charge in [0.15, 0.2) is 0 Å². The molecule has 10 heteroatoms. The molecular weight excluding hydrogens is 623 g/mol. The molecule has 0 unspecified atom stereocenters. The van der Waals surface area contributed by atoms with Gasteiger partial charge in [-0.2, -0.15) is 0 Å². The fourth-order valence-corrected chi connectivity index (χ4v) is 3.03. The van der Waals surface area contributed by atoms with E-state index in [-0.39, 0.29) is 12.4 Å². The number of fused-ring (bicyclic) bond motifs is 2. The van der Waals surface area contributed by atoms with Crippen LogP contribution >= 0.6 is 9.42 Å². The third kappa shape index (κ3) is 9.26. The van der Waals surface area contributed by atoms with Gasteiger partial charge in [0.1, 0.15) is 0 Å². The Morgan fingerprint density at radius 3 is 2.06 bits per heavy atom. The van der Waals surface area contributed by atoms with Crippen LogP contribution in [0.4, 0.5) is 5.69 Å². The van der Waals surface area contributed by atoms with E-state index in [4.69, 9.17) is 21.9 Å². The Morgan fingerprint density at radius 1 is 1.06 bits per heavy atom. The van der Waals surface area contributed by atoms with E-state index in [0.29, 0.717) is 38.4 Å². The number of nitrogens with zero attached hydrogens (tertiary/aromatic N) is 2. The number of para-hydroxylation sites is 2. The first-order chi connectivity index (χ1) is 16.0. The first-order valence-electron chi connectivity index (χ1n) is 10.4. The number of aromatic nitrogens is 1. The minimum atomic E-state index is -0.291. The number of hydrogen-bond donors (Lipinski definition) is 4. The molecule has 183 valence electrons. The van der Waals surface area contributed by atoms with Crippen LogP contribution in [0, 0.1) is 5.41 Å². The summed E-state index contributed by atoms with van der Waals surface area (Å²) < 4.78 is 4.63. The number of ether oxygens (including phenoxy) is 1. The molecule has 0 saturated heterocycles. The second kappa shape index (κ2) is 16.4. The quantitative estimate of drug-likeness (QED) is 0.127. The molecule has 0 atom stereocenters. The van der Waals surface area contributed by atoms with E-state index in [9.17, 15) is 4.79 Å². The Hall–Kier alpha value is -2.25. The van der Waals surface area contributed by atoms with Crippen LogP contribution in [0.2, 0.25) is 0 Å². The van der Waals surface area contributed by atoms with Crippen LogP contribution in [0.1, 0.15) is 12.8 Å². The summed E-state index contributed by atoms with van der Waals surface area (Å²) in [6.07, 6.45) is 0.608. The van der Waals surface area contributed by atoms with E-state index in [2.05, 4.69) is 31.6 Å². The summed E-state index contributed by atoms with van der Waals surface area (Å²) >= 11 is 1.61. The van der Waals surface area contributed by atoms with Crippen LogP contribution in [-0.4, -0.2) is 62.0 Å². The Kier molecular flexibility index (Phi) is 14.3. The van der Waals surface area contributed by atoms with Crippen molar-refractivity contribution in [1.29, 1.82) is 5.41 Å². The van der Waals surface area contributed by atoms with Crippen LogP contribution in [0.15, 0.2) is 48.5 Å². The van der Waals surface area contributed by atoms with Crippen molar-refractivity contribution in [2.45, 2.75) is 12.8 Å². The van der Waals surface area contributed by atoms with Gasteiger partial charge in [0, 0.05) is 50.4 Å². The maximum absolute atomic E-state index is 11.2. The van der Waals surface area contributed by atoms with Gasteiger partial charge in [0.05, 0.1) is 36.1 Å². The third-order valence-electron chi connectivity index (χ3n) is 4.76. The summed E-state index contributed by atoms with van der Waals surface area (Å²) in [5.41, 5.74) is 12.8. The zero-order valence-corrected chi connectivity index (χ0v) is 21.9. The van der Waals surface area contributed by atoms with Crippen molar-refractivity contribution in [3.8, 4) is 0 Å². The fourth-order valence-electron chi connectivity index (χ4n) is 3.03. The fraction of sp³-hybridized carbons (Fsp3) is 0.348. The Morgan fingerprint density at radius 2 is 1.58 bits per heavy atom. The predicted molar refractivity (Wildman–Crippen MR) is 133 cm³/mol. The molecule has 3 rings (SSSR count). The monoisotopic (exact) mass is 654 g/mol. The SMILES string of the molecule is COC(=O)CCC(=N)N(C)CCNc1c2ccccc2nc2ccccc12.NCCN.[Cl][Pt]. The first kappa shape index (κ1) is 28.8. The molecule has 0 spiro atoms. The topological polar surface area (TPSA) is 130 Å². The van der Waals surface area contributed by atoms with Gasteiger partial charge in [-0.25, -0.2) is 4.98 Å². The van der Waals surface area contributed by atoms with Crippen molar-refractivity contribution in [1.82, 2.24) is 9.88 Å². The number of hydrogen-bond acceptors (Lipinski definition) is 7. The number of rotatable bonds is 8. The first-order valence-corrected chi connectivity index (χ1v) is 13.2. The number of carbonyl (C=O) groups excluding carboxylic acids is 1. The second-order valence-electron chi connectivity index (χ2n) is 6.97. The van der Waals surface area contributed by atoms with Gasteiger partial charge in [-0.15, -0.1) is 0 Å². The normalized spacial score (nSPS) is 9.91. The van der Waals surface area contributed by atoms with Gasteiger partial charge in [-0.1, -0.05) is 36.4 Å². The van der Waals surface area contributed by atoms with Crippen molar-refractivity contribution < 1.29 is 28.3 Å². The number of methoxy groups -OCH3 is 1. The molecule has 1 heterocycles. The van der Waals surface area contributed by atoms with Crippen molar-refractivity contribution in [3.63, 3.8) is 0 Å². The third-order valence-corrected chi connectivity index (χ3v) is 4.76. The van der Waals surface area contributed by atoms with Crippen LogP contribution in [0.25, 0.3) is 21.8 Å². The molecule has 0 bridgehead atoms. The van der Waals surface area contributed by atoms with E-state index in [1.54, 1.807) is 18.8 Å². The molecule has 0 aliphatic heterocycles. The zero-order chi connectivity index (χ0) is 24.6. The molecule has 1 aromatic heterocycles. The molecule has 0 radical (unpaired) electrons. The summed E-state index contributed by atoms with van der Waals surface area (Å²) in [5, 5.41) is 13.8. The summed E-state index contributed by atoms with van der Waals surface area (Å²) in [5.74, 6) is 0.132. The molecule has 0 aliphatic rings. The van der Waals surface area contributed by atoms with E-state index in [1.165, 1.54) is 7.11 Å². The standard InChI is InChI=1S/C21H24N4O2.C2H8N2.ClH.Pt/c1-25(19(22)11-12-20(26)27-2)14-13-23-21-15-7-3-5-9-17(15)24-18-10-6-4-8-16(18)21;3-1-2-4;;/h3-10,22H,11-14H2,1-2H3,(H,23,24);1-4H2;1H;/q;;;+1/p-1. The number of esters is 1. The molecule has 0 saturated carbocycles. The van der Waals surface area contributed by atoms with Gasteiger partial charge >= 0.3 is 34.2 Å². The zero-order valence-electron chi connectivity index (χ0n) is 18.9. The van der Waals surface area contributed by atoms with Crippen LogP contribution in [0.3, 0.4) is 0 Å². The number of likely N-dealkylation sites (N-methyl/N-ethyl adjacent to an activating group) is 1. The molecular formula is C23H32ClN6O2Pt. The number of halogens is 1. The Balaban J connectivity index is 0.000000820. The van der Waals surface area contributed by atoms with Crippen molar-refractivity contribution in [2.75, 3.05) is 45.7 Å². The molecule has 0 aliphatic carbocycles. The van der Waals surface area contributed by atoms with E-state index < -0.39 is 0 Å². The Labute approximate surface area is 210 Å². The second-order valence-corrected chi connectivity index (χ2v) is 6.97. The van der Waals surface area contributed by atoms with Crippen LogP contribution in [-0.2, 0) is 28.3 Å². The summed E-state index contributed by atoms with van der Waals surface area (Å²) in [7, 11) is 7.84. The predicted octanol–water partition coefficient (Wildman–Crippen LogP) is 3.25. The summed E-state index contributed by atoms with van der Waals surface area (Å²) in [4.78, 5) is 17.8. The molecule has 6 N–H and O–H groups in total. The van der Waals surface area contributed by atoms with Crippen molar-refractivity contribution >= 4 is 48.7 Å². The van der Waals surface area contributed by atoms with Crippen molar-refractivity contribution in [2.24, 2.45) is 11.5 Å². The van der Waals surface area contributed by atoms with E-state index in [1.807, 2.05) is 48.3 Å². The van der Waals surface area contributed by atoms with Gasteiger partial charge in [-0.05, 0) is 12.1 Å².